The van der Waals surface area contributed by atoms with Gasteiger partial charge in [0.15, 0.2) is 0 Å². The lowest BCUT2D eigenvalue weighted by atomic mass is 9.71. The molecule has 1 atom stereocenters. The predicted molar refractivity (Wildman–Crippen MR) is 94.9 cm³/mol. The molecule has 2 nitrogen and oxygen atoms in total. The Morgan fingerprint density at radius 2 is 1.62 bits per heavy atom. The summed E-state index contributed by atoms with van der Waals surface area (Å²) in [7, 11) is 6.76. The fraction of sp³-hybridized carbons (Fsp3) is 1.00. The van der Waals surface area contributed by atoms with Crippen molar-refractivity contribution in [1.82, 2.24) is 10.2 Å². The molecule has 0 aromatic carbocycles. The summed E-state index contributed by atoms with van der Waals surface area (Å²) in [6, 6.07) is 0.658. The molecule has 0 bridgehead atoms. The zero-order valence-electron chi connectivity index (χ0n) is 15.4. The summed E-state index contributed by atoms with van der Waals surface area (Å²) in [5.41, 5.74) is 0.394. The highest BCUT2D eigenvalue weighted by Gasteiger charge is 2.41. The van der Waals surface area contributed by atoms with Gasteiger partial charge in [-0.15, -0.1) is 0 Å². The average molecular weight is 297 g/mol. The summed E-state index contributed by atoms with van der Waals surface area (Å²) in [5.74, 6) is 0.921. The maximum atomic E-state index is 3.67. The summed E-state index contributed by atoms with van der Waals surface area (Å²) in [6.45, 7) is 4.71. The third kappa shape index (κ3) is 5.56. The Morgan fingerprint density at radius 3 is 2.14 bits per heavy atom. The van der Waals surface area contributed by atoms with Gasteiger partial charge in [-0.2, -0.15) is 0 Å². The highest BCUT2D eigenvalue weighted by atomic mass is 15.2. The molecule has 0 aromatic rings. The first-order valence-electron chi connectivity index (χ1n) is 9.41. The third-order valence-electron chi connectivity index (χ3n) is 5.87. The fourth-order valence-electron chi connectivity index (χ4n) is 4.18. The van der Waals surface area contributed by atoms with Crippen LogP contribution in [0.25, 0.3) is 0 Å². The molecule has 1 fully saturated rings. The molecule has 1 unspecified atom stereocenters. The van der Waals surface area contributed by atoms with Crippen LogP contribution in [0.15, 0.2) is 0 Å². The Balaban J connectivity index is 2.46. The van der Waals surface area contributed by atoms with Crippen LogP contribution < -0.4 is 5.32 Å². The first kappa shape index (κ1) is 19.0. The maximum absolute atomic E-state index is 3.67. The summed E-state index contributed by atoms with van der Waals surface area (Å²) in [5, 5.41) is 3.67. The normalized spacial score (nSPS) is 28.0. The van der Waals surface area contributed by atoms with Crippen molar-refractivity contribution >= 4 is 0 Å². The van der Waals surface area contributed by atoms with Crippen LogP contribution in [0.4, 0.5) is 0 Å². The molecule has 1 rings (SSSR count). The molecule has 0 aromatic heterocycles. The van der Waals surface area contributed by atoms with Crippen molar-refractivity contribution < 1.29 is 0 Å². The van der Waals surface area contributed by atoms with Crippen molar-refractivity contribution in [3.63, 3.8) is 0 Å². The van der Waals surface area contributed by atoms with Gasteiger partial charge in [0, 0.05) is 11.6 Å². The smallest absolute Gasteiger partial charge is 0.0356 e. The summed E-state index contributed by atoms with van der Waals surface area (Å²) >= 11 is 0. The summed E-state index contributed by atoms with van der Waals surface area (Å²) in [6.07, 6.45) is 15.3. The van der Waals surface area contributed by atoms with Crippen LogP contribution >= 0.6 is 0 Å². The predicted octanol–water partition coefficient (Wildman–Crippen LogP) is 4.84. The number of nitrogens with one attached hydrogen (secondary N) is 1. The Kier molecular flexibility index (Phi) is 8.89. The van der Waals surface area contributed by atoms with Gasteiger partial charge in [0.25, 0.3) is 0 Å². The van der Waals surface area contributed by atoms with Crippen LogP contribution in [0.2, 0.25) is 0 Å². The van der Waals surface area contributed by atoms with E-state index in [9.17, 15) is 0 Å². The third-order valence-corrected chi connectivity index (χ3v) is 5.87. The van der Waals surface area contributed by atoms with Crippen molar-refractivity contribution in [2.45, 2.75) is 96.1 Å². The molecule has 0 spiro atoms. The van der Waals surface area contributed by atoms with Gasteiger partial charge in [-0.25, -0.2) is 0 Å². The Morgan fingerprint density at radius 1 is 1.05 bits per heavy atom. The SMILES string of the molecule is CCCCCCCCC(NC)C1(N(C)C)CCC(C)CC1. The van der Waals surface area contributed by atoms with Crippen LogP contribution in [0, 0.1) is 5.92 Å². The van der Waals surface area contributed by atoms with Crippen LogP contribution in [0.1, 0.15) is 84.5 Å². The highest BCUT2D eigenvalue weighted by molar-refractivity contribution is 5.00. The van der Waals surface area contributed by atoms with Crippen LogP contribution in [-0.2, 0) is 0 Å². The quantitative estimate of drug-likeness (QED) is 0.581. The van der Waals surface area contributed by atoms with Gasteiger partial charge in [-0.05, 0) is 59.2 Å². The first-order valence-corrected chi connectivity index (χ1v) is 9.41. The molecule has 2 heteroatoms. The minimum Gasteiger partial charge on any atom is -0.315 e. The number of likely N-dealkylation sites (N-methyl/N-ethyl adjacent to an activating group) is 2. The number of hydrogen-bond acceptors (Lipinski definition) is 2. The van der Waals surface area contributed by atoms with Crippen molar-refractivity contribution in [2.24, 2.45) is 5.92 Å². The molecule has 21 heavy (non-hydrogen) atoms. The van der Waals surface area contributed by atoms with Crippen molar-refractivity contribution in [1.29, 1.82) is 0 Å². The summed E-state index contributed by atoms with van der Waals surface area (Å²) < 4.78 is 0. The summed E-state index contributed by atoms with van der Waals surface area (Å²) in [4.78, 5) is 2.52. The van der Waals surface area contributed by atoms with E-state index in [0.717, 1.165) is 5.92 Å². The van der Waals surface area contributed by atoms with E-state index in [0.29, 0.717) is 11.6 Å². The zero-order valence-corrected chi connectivity index (χ0v) is 15.4. The van der Waals surface area contributed by atoms with Crippen molar-refractivity contribution in [2.75, 3.05) is 21.1 Å². The topological polar surface area (TPSA) is 15.3 Å². The average Bonchev–Trinajstić information content (AvgIpc) is 2.48. The van der Waals surface area contributed by atoms with Gasteiger partial charge in [0.2, 0.25) is 0 Å². The molecule has 0 heterocycles. The standard InChI is InChI=1S/C19H40N2/c1-6-7-8-9-10-11-12-18(20-3)19(21(4)5)15-13-17(2)14-16-19/h17-18,20H,6-16H2,1-5H3. The Labute approximate surface area is 134 Å². The van der Waals surface area contributed by atoms with Crippen molar-refractivity contribution in [3.8, 4) is 0 Å². The van der Waals surface area contributed by atoms with E-state index >= 15 is 0 Å². The number of hydrogen-bond donors (Lipinski definition) is 1. The van der Waals surface area contributed by atoms with E-state index < -0.39 is 0 Å². The lowest BCUT2D eigenvalue weighted by molar-refractivity contribution is 0.0421. The van der Waals surface area contributed by atoms with Crippen LogP contribution in [0.3, 0.4) is 0 Å². The van der Waals surface area contributed by atoms with Gasteiger partial charge >= 0.3 is 0 Å². The van der Waals surface area contributed by atoms with Crippen LogP contribution in [-0.4, -0.2) is 37.6 Å². The van der Waals surface area contributed by atoms with Gasteiger partial charge in [0.1, 0.15) is 0 Å². The molecule has 0 aliphatic heterocycles. The highest BCUT2D eigenvalue weighted by Crippen LogP contribution is 2.39. The lowest BCUT2D eigenvalue weighted by Crippen LogP contribution is -2.59. The Hall–Kier alpha value is -0.0800. The zero-order chi connectivity index (χ0) is 15.7. The molecular formula is C19H40N2. The van der Waals surface area contributed by atoms with Gasteiger partial charge in [-0.3, -0.25) is 0 Å². The maximum Gasteiger partial charge on any atom is 0.0356 e. The largest absolute Gasteiger partial charge is 0.315 e. The fourth-order valence-corrected chi connectivity index (χ4v) is 4.18. The van der Waals surface area contributed by atoms with Gasteiger partial charge in [0.05, 0.1) is 0 Å². The van der Waals surface area contributed by atoms with Crippen molar-refractivity contribution in [3.05, 3.63) is 0 Å². The molecule has 0 saturated heterocycles. The Bertz CT molecular complexity index is 254. The number of nitrogens with zero attached hydrogens (tertiary/aromatic N) is 1. The van der Waals surface area contributed by atoms with Gasteiger partial charge < -0.3 is 10.2 Å². The van der Waals surface area contributed by atoms with E-state index in [1.54, 1.807) is 0 Å². The minimum absolute atomic E-state index is 0.394. The van der Waals surface area contributed by atoms with E-state index in [2.05, 4.69) is 45.2 Å². The number of rotatable bonds is 10. The van der Waals surface area contributed by atoms with E-state index in [1.807, 2.05) is 0 Å². The van der Waals surface area contributed by atoms with Crippen LogP contribution in [0.5, 0.6) is 0 Å². The van der Waals surface area contributed by atoms with E-state index in [-0.39, 0.29) is 0 Å². The monoisotopic (exact) mass is 296 g/mol. The first-order chi connectivity index (χ1) is 10.1. The molecule has 1 N–H and O–H groups in total. The molecule has 126 valence electrons. The molecular weight excluding hydrogens is 256 g/mol. The minimum atomic E-state index is 0.394. The second kappa shape index (κ2) is 9.84. The second-order valence-corrected chi connectivity index (χ2v) is 7.58. The second-order valence-electron chi connectivity index (χ2n) is 7.58. The van der Waals surface area contributed by atoms with Gasteiger partial charge in [-0.1, -0.05) is 52.4 Å². The molecule has 1 saturated carbocycles. The molecule has 1 aliphatic rings. The molecule has 0 radical (unpaired) electrons. The van der Waals surface area contributed by atoms with E-state index in [1.165, 1.54) is 70.6 Å². The lowest BCUT2D eigenvalue weighted by Gasteiger charge is -2.50. The molecule has 1 aliphatic carbocycles. The molecule has 0 amide bonds. The van der Waals surface area contributed by atoms with E-state index in [4.69, 9.17) is 0 Å². The number of unbranched alkanes of at least 4 members (excludes halogenated alkanes) is 5.